The van der Waals surface area contributed by atoms with Crippen molar-refractivity contribution in [2.24, 2.45) is 0 Å². The van der Waals surface area contributed by atoms with Crippen LogP contribution in [-0.4, -0.2) is 4.98 Å². The van der Waals surface area contributed by atoms with Crippen molar-refractivity contribution in [2.75, 3.05) is 0 Å². The van der Waals surface area contributed by atoms with E-state index in [9.17, 15) is 0 Å². The summed E-state index contributed by atoms with van der Waals surface area (Å²) in [7, 11) is 0. The molecule has 1 heterocycles. The maximum Gasteiger partial charge on any atom is 0.0507 e. The fraction of sp³-hybridized carbons (Fsp3) is 0.214. The first kappa shape index (κ1) is 12.4. The van der Waals surface area contributed by atoms with Crippen molar-refractivity contribution in [1.29, 1.82) is 0 Å². The minimum Gasteiger partial charge on any atom is -0.260 e. The van der Waals surface area contributed by atoms with E-state index in [0.29, 0.717) is 16.0 Å². The van der Waals surface area contributed by atoms with Crippen LogP contribution in [0.2, 0.25) is 10.0 Å². The number of aromatic nitrogens is 1. The molecule has 0 aliphatic heterocycles. The second-order valence-corrected chi connectivity index (χ2v) is 5.12. The van der Waals surface area contributed by atoms with Crippen molar-refractivity contribution in [3.8, 4) is 11.1 Å². The predicted molar refractivity (Wildman–Crippen MR) is 73.8 cm³/mol. The fourth-order valence-corrected chi connectivity index (χ4v) is 2.36. The molecular formula is C14H13Cl2N. The molecule has 0 fully saturated rings. The van der Waals surface area contributed by atoms with Crippen LogP contribution >= 0.6 is 23.2 Å². The normalized spacial score (nSPS) is 10.9. The minimum atomic E-state index is 0.365. The third-order valence-electron chi connectivity index (χ3n) is 2.56. The number of hydrogen-bond acceptors (Lipinski definition) is 1. The van der Waals surface area contributed by atoms with Crippen LogP contribution in [0.3, 0.4) is 0 Å². The number of benzene rings is 1. The van der Waals surface area contributed by atoms with E-state index < -0.39 is 0 Å². The first-order valence-corrected chi connectivity index (χ1v) is 6.25. The Hall–Kier alpha value is -1.05. The molecule has 0 bridgehead atoms. The summed E-state index contributed by atoms with van der Waals surface area (Å²) >= 11 is 12.1. The van der Waals surface area contributed by atoms with Crippen LogP contribution in [0, 0.1) is 0 Å². The fourth-order valence-electron chi connectivity index (χ4n) is 1.83. The summed E-state index contributed by atoms with van der Waals surface area (Å²) in [5.41, 5.74) is 3.16. The quantitative estimate of drug-likeness (QED) is 0.729. The van der Waals surface area contributed by atoms with Crippen molar-refractivity contribution in [3.63, 3.8) is 0 Å². The zero-order chi connectivity index (χ0) is 12.4. The first-order chi connectivity index (χ1) is 8.08. The van der Waals surface area contributed by atoms with Gasteiger partial charge in [-0.1, -0.05) is 43.1 Å². The molecule has 2 aromatic rings. The molecule has 3 heteroatoms. The monoisotopic (exact) mass is 265 g/mol. The highest BCUT2D eigenvalue weighted by Gasteiger charge is 2.10. The maximum absolute atomic E-state index is 6.03. The SMILES string of the molecule is CC(C)c1ncccc1-c1cc(Cl)cc(Cl)c1. The van der Waals surface area contributed by atoms with Crippen molar-refractivity contribution < 1.29 is 0 Å². The molecule has 88 valence electrons. The van der Waals surface area contributed by atoms with E-state index in [-0.39, 0.29) is 0 Å². The minimum absolute atomic E-state index is 0.365. The molecule has 0 saturated carbocycles. The molecule has 0 aliphatic carbocycles. The van der Waals surface area contributed by atoms with Crippen molar-refractivity contribution in [2.45, 2.75) is 19.8 Å². The van der Waals surface area contributed by atoms with Crippen LogP contribution in [0.5, 0.6) is 0 Å². The van der Waals surface area contributed by atoms with E-state index in [4.69, 9.17) is 23.2 Å². The van der Waals surface area contributed by atoms with Gasteiger partial charge in [0.15, 0.2) is 0 Å². The molecule has 0 saturated heterocycles. The molecule has 17 heavy (non-hydrogen) atoms. The molecule has 0 atom stereocenters. The van der Waals surface area contributed by atoms with Gasteiger partial charge in [0.25, 0.3) is 0 Å². The molecule has 2 rings (SSSR count). The van der Waals surface area contributed by atoms with Gasteiger partial charge in [0, 0.05) is 21.8 Å². The van der Waals surface area contributed by atoms with Crippen LogP contribution in [0.15, 0.2) is 36.5 Å². The summed E-state index contributed by atoms with van der Waals surface area (Å²) in [5, 5.41) is 1.29. The van der Waals surface area contributed by atoms with E-state index in [0.717, 1.165) is 16.8 Å². The highest BCUT2D eigenvalue weighted by atomic mass is 35.5. The lowest BCUT2D eigenvalue weighted by Crippen LogP contribution is -1.95. The zero-order valence-corrected chi connectivity index (χ0v) is 11.3. The van der Waals surface area contributed by atoms with Crippen LogP contribution in [0.1, 0.15) is 25.5 Å². The Morgan fingerprint density at radius 3 is 2.29 bits per heavy atom. The van der Waals surface area contributed by atoms with Gasteiger partial charge in [0.2, 0.25) is 0 Å². The first-order valence-electron chi connectivity index (χ1n) is 5.49. The Morgan fingerprint density at radius 2 is 1.71 bits per heavy atom. The Morgan fingerprint density at radius 1 is 1.06 bits per heavy atom. The summed E-state index contributed by atoms with van der Waals surface area (Å²) in [5.74, 6) is 0.365. The molecule has 0 amide bonds. The van der Waals surface area contributed by atoms with Crippen LogP contribution < -0.4 is 0 Å². The van der Waals surface area contributed by atoms with Gasteiger partial charge in [0.1, 0.15) is 0 Å². The predicted octanol–water partition coefficient (Wildman–Crippen LogP) is 5.18. The lowest BCUT2D eigenvalue weighted by molar-refractivity contribution is 0.826. The Kier molecular flexibility index (Phi) is 3.70. The van der Waals surface area contributed by atoms with Gasteiger partial charge in [-0.3, -0.25) is 4.98 Å². The zero-order valence-electron chi connectivity index (χ0n) is 9.74. The van der Waals surface area contributed by atoms with Crippen molar-refractivity contribution in [3.05, 3.63) is 52.3 Å². The smallest absolute Gasteiger partial charge is 0.0507 e. The Labute approximate surface area is 111 Å². The maximum atomic E-state index is 6.03. The molecule has 0 unspecified atom stereocenters. The van der Waals surface area contributed by atoms with Gasteiger partial charge >= 0.3 is 0 Å². The topological polar surface area (TPSA) is 12.9 Å². The number of pyridine rings is 1. The summed E-state index contributed by atoms with van der Waals surface area (Å²) in [6, 6.07) is 9.53. The highest BCUT2D eigenvalue weighted by molar-refractivity contribution is 6.35. The van der Waals surface area contributed by atoms with Crippen LogP contribution in [-0.2, 0) is 0 Å². The average molecular weight is 266 g/mol. The van der Waals surface area contributed by atoms with Crippen molar-refractivity contribution in [1.82, 2.24) is 4.98 Å². The summed E-state index contributed by atoms with van der Waals surface area (Å²) in [6.45, 7) is 4.25. The molecule has 0 aliphatic rings. The highest BCUT2D eigenvalue weighted by Crippen LogP contribution is 2.31. The number of nitrogens with zero attached hydrogens (tertiary/aromatic N) is 1. The van der Waals surface area contributed by atoms with E-state index >= 15 is 0 Å². The summed E-state index contributed by atoms with van der Waals surface area (Å²) in [6.07, 6.45) is 1.81. The number of halogens is 2. The van der Waals surface area contributed by atoms with Gasteiger partial charge in [-0.25, -0.2) is 0 Å². The summed E-state index contributed by atoms with van der Waals surface area (Å²) in [4.78, 5) is 4.43. The average Bonchev–Trinajstić information content (AvgIpc) is 2.27. The van der Waals surface area contributed by atoms with E-state index in [1.807, 2.05) is 30.5 Å². The van der Waals surface area contributed by atoms with Gasteiger partial charge in [-0.05, 0) is 35.7 Å². The lowest BCUT2D eigenvalue weighted by Gasteiger charge is -2.12. The van der Waals surface area contributed by atoms with Crippen molar-refractivity contribution >= 4 is 23.2 Å². The van der Waals surface area contributed by atoms with Gasteiger partial charge in [0.05, 0.1) is 5.69 Å². The van der Waals surface area contributed by atoms with Gasteiger partial charge < -0.3 is 0 Å². The van der Waals surface area contributed by atoms with E-state index in [1.54, 1.807) is 6.07 Å². The molecule has 1 aromatic heterocycles. The molecule has 1 nitrogen and oxygen atoms in total. The Balaban J connectivity index is 2.60. The summed E-state index contributed by atoms with van der Waals surface area (Å²) < 4.78 is 0. The molecule has 0 radical (unpaired) electrons. The van der Waals surface area contributed by atoms with Crippen LogP contribution in [0.25, 0.3) is 11.1 Å². The van der Waals surface area contributed by atoms with E-state index in [2.05, 4.69) is 18.8 Å². The standard InChI is InChI=1S/C14H13Cl2N/c1-9(2)14-13(4-3-5-17-14)10-6-11(15)8-12(16)7-10/h3-9H,1-2H3. The third kappa shape index (κ3) is 2.80. The molecule has 0 N–H and O–H groups in total. The van der Waals surface area contributed by atoms with E-state index in [1.165, 1.54) is 0 Å². The molecule has 1 aromatic carbocycles. The molecule has 0 spiro atoms. The molecular weight excluding hydrogens is 253 g/mol. The second-order valence-electron chi connectivity index (χ2n) is 4.25. The van der Waals surface area contributed by atoms with Crippen LogP contribution in [0.4, 0.5) is 0 Å². The van der Waals surface area contributed by atoms with Gasteiger partial charge in [-0.15, -0.1) is 0 Å². The number of hydrogen-bond donors (Lipinski definition) is 0. The third-order valence-corrected chi connectivity index (χ3v) is 3.00. The Bertz CT molecular complexity index is 515. The largest absolute Gasteiger partial charge is 0.260 e. The second kappa shape index (κ2) is 5.07. The number of rotatable bonds is 2. The van der Waals surface area contributed by atoms with Gasteiger partial charge in [-0.2, -0.15) is 0 Å². The lowest BCUT2D eigenvalue weighted by atomic mass is 9.98.